The number of carbonyl (C=O) groups is 2. The predicted octanol–water partition coefficient (Wildman–Crippen LogP) is 2.14. The molecule has 1 aromatic rings. The first-order valence-corrected chi connectivity index (χ1v) is 6.23. The van der Waals surface area contributed by atoms with Crippen molar-refractivity contribution in [2.75, 3.05) is 13.2 Å². The van der Waals surface area contributed by atoms with Crippen LogP contribution in [0.3, 0.4) is 0 Å². The molecular weight excluding hydrogens is 248 g/mol. The average Bonchev–Trinajstić information content (AvgIpc) is 2.61. The second kappa shape index (κ2) is 5.73. The van der Waals surface area contributed by atoms with Crippen molar-refractivity contribution < 1.29 is 24.2 Å². The summed E-state index contributed by atoms with van der Waals surface area (Å²) in [4.78, 5) is 22.7. The molecule has 1 N–H and O–H groups in total. The number of carboxylic acid groups (broad SMARTS) is 1. The van der Waals surface area contributed by atoms with E-state index in [1.54, 1.807) is 25.1 Å². The highest BCUT2D eigenvalue weighted by atomic mass is 16.5. The second-order valence-corrected chi connectivity index (χ2v) is 4.58. The van der Waals surface area contributed by atoms with E-state index < -0.39 is 11.9 Å². The van der Waals surface area contributed by atoms with Gasteiger partial charge in [-0.3, -0.25) is 9.59 Å². The lowest BCUT2D eigenvalue weighted by Crippen LogP contribution is -2.15. The van der Waals surface area contributed by atoms with Crippen molar-refractivity contribution in [3.8, 4) is 11.5 Å². The minimum absolute atomic E-state index is 0.173. The van der Waals surface area contributed by atoms with Crippen molar-refractivity contribution in [3.63, 3.8) is 0 Å². The van der Waals surface area contributed by atoms with E-state index >= 15 is 0 Å². The fraction of sp³-hybridized carbons (Fsp3) is 0.429. The van der Waals surface area contributed by atoms with Gasteiger partial charge in [0, 0.05) is 17.9 Å². The zero-order valence-corrected chi connectivity index (χ0v) is 10.7. The van der Waals surface area contributed by atoms with Gasteiger partial charge in [0.2, 0.25) is 0 Å². The van der Waals surface area contributed by atoms with Crippen LogP contribution in [0.5, 0.6) is 11.5 Å². The van der Waals surface area contributed by atoms with E-state index in [1.807, 2.05) is 0 Å². The lowest BCUT2D eigenvalue weighted by Gasteiger charge is -2.11. The molecule has 102 valence electrons. The van der Waals surface area contributed by atoms with Crippen molar-refractivity contribution >= 4 is 11.8 Å². The standard InChI is InChI=1S/C14H16O5/c1-9(7-13(15)16)14(17)10-3-4-11-12(8-10)19-6-2-5-18-11/h3-4,8-9H,2,5-7H2,1H3,(H,15,16). The molecule has 5 heteroatoms. The van der Waals surface area contributed by atoms with Gasteiger partial charge in [0.15, 0.2) is 17.3 Å². The Morgan fingerprint density at radius 2 is 1.95 bits per heavy atom. The Morgan fingerprint density at radius 3 is 2.63 bits per heavy atom. The van der Waals surface area contributed by atoms with E-state index in [9.17, 15) is 9.59 Å². The molecule has 5 nitrogen and oxygen atoms in total. The molecule has 0 bridgehead atoms. The maximum absolute atomic E-state index is 12.1. The molecule has 0 radical (unpaired) electrons. The Morgan fingerprint density at radius 1 is 1.26 bits per heavy atom. The van der Waals surface area contributed by atoms with Crippen molar-refractivity contribution in [1.29, 1.82) is 0 Å². The Bertz CT molecular complexity index is 495. The third-order valence-electron chi connectivity index (χ3n) is 2.96. The number of hydrogen-bond acceptors (Lipinski definition) is 4. The van der Waals surface area contributed by atoms with Crippen LogP contribution in [-0.4, -0.2) is 30.1 Å². The van der Waals surface area contributed by atoms with Gasteiger partial charge >= 0.3 is 5.97 Å². The van der Waals surface area contributed by atoms with Crippen LogP contribution in [0.25, 0.3) is 0 Å². The Kier molecular flexibility index (Phi) is 4.04. The van der Waals surface area contributed by atoms with Gasteiger partial charge in [-0.2, -0.15) is 0 Å². The number of ether oxygens (including phenoxy) is 2. The number of carbonyl (C=O) groups excluding carboxylic acids is 1. The normalized spacial score (nSPS) is 15.4. The minimum atomic E-state index is -0.977. The minimum Gasteiger partial charge on any atom is -0.490 e. The average molecular weight is 264 g/mol. The summed E-state index contributed by atoms with van der Waals surface area (Å²) >= 11 is 0. The SMILES string of the molecule is CC(CC(=O)O)C(=O)c1ccc2c(c1)OCCCO2. The summed E-state index contributed by atoms with van der Waals surface area (Å²) in [6.07, 6.45) is 0.626. The van der Waals surface area contributed by atoms with Gasteiger partial charge in [0.1, 0.15) is 0 Å². The summed E-state index contributed by atoms with van der Waals surface area (Å²) in [5.41, 5.74) is 0.456. The van der Waals surface area contributed by atoms with Crippen LogP contribution in [0.2, 0.25) is 0 Å². The highest BCUT2D eigenvalue weighted by Crippen LogP contribution is 2.31. The molecule has 1 heterocycles. The molecule has 19 heavy (non-hydrogen) atoms. The number of hydrogen-bond donors (Lipinski definition) is 1. The summed E-state index contributed by atoms with van der Waals surface area (Å²) in [6.45, 7) is 2.75. The quantitative estimate of drug-likeness (QED) is 0.843. The summed E-state index contributed by atoms with van der Waals surface area (Å²) < 4.78 is 11.0. The topological polar surface area (TPSA) is 72.8 Å². The highest BCUT2D eigenvalue weighted by molar-refractivity contribution is 5.99. The molecule has 1 unspecified atom stereocenters. The van der Waals surface area contributed by atoms with Crippen LogP contribution < -0.4 is 9.47 Å². The van der Waals surface area contributed by atoms with Gasteiger partial charge in [0.25, 0.3) is 0 Å². The van der Waals surface area contributed by atoms with E-state index in [0.29, 0.717) is 30.3 Å². The van der Waals surface area contributed by atoms with Crippen molar-refractivity contribution in [2.24, 2.45) is 5.92 Å². The second-order valence-electron chi connectivity index (χ2n) is 4.58. The Balaban J connectivity index is 2.19. The third-order valence-corrected chi connectivity index (χ3v) is 2.96. The number of carboxylic acids is 1. The van der Waals surface area contributed by atoms with Crippen LogP contribution in [-0.2, 0) is 4.79 Å². The molecule has 0 saturated heterocycles. The number of Topliss-reactive ketones (excluding diaryl/α,β-unsaturated/α-hetero) is 1. The number of fused-ring (bicyclic) bond motifs is 1. The summed E-state index contributed by atoms with van der Waals surface area (Å²) in [5.74, 6) is -0.554. The fourth-order valence-electron chi connectivity index (χ4n) is 1.96. The monoisotopic (exact) mass is 264 g/mol. The van der Waals surface area contributed by atoms with E-state index in [0.717, 1.165) is 6.42 Å². The Labute approximate surface area is 111 Å². The molecule has 0 aromatic heterocycles. The summed E-state index contributed by atoms with van der Waals surface area (Å²) in [6, 6.07) is 4.97. The molecular formula is C14H16O5. The predicted molar refractivity (Wildman–Crippen MR) is 67.8 cm³/mol. The van der Waals surface area contributed by atoms with Gasteiger partial charge in [-0.15, -0.1) is 0 Å². The van der Waals surface area contributed by atoms with Gasteiger partial charge in [-0.05, 0) is 18.2 Å². The first-order chi connectivity index (χ1) is 9.08. The van der Waals surface area contributed by atoms with Gasteiger partial charge in [-0.25, -0.2) is 0 Å². The van der Waals surface area contributed by atoms with Crippen molar-refractivity contribution in [3.05, 3.63) is 23.8 Å². The van der Waals surface area contributed by atoms with E-state index in [-0.39, 0.29) is 12.2 Å². The van der Waals surface area contributed by atoms with Crippen LogP contribution in [0.4, 0.5) is 0 Å². The summed E-state index contributed by atoms with van der Waals surface area (Å²) in [7, 11) is 0. The number of aliphatic carboxylic acids is 1. The van der Waals surface area contributed by atoms with Crippen LogP contribution in [0, 0.1) is 5.92 Å². The largest absolute Gasteiger partial charge is 0.490 e. The fourth-order valence-corrected chi connectivity index (χ4v) is 1.96. The molecule has 0 saturated carbocycles. The first kappa shape index (κ1) is 13.4. The van der Waals surface area contributed by atoms with Gasteiger partial charge in [0.05, 0.1) is 19.6 Å². The maximum Gasteiger partial charge on any atom is 0.304 e. The van der Waals surface area contributed by atoms with Gasteiger partial charge < -0.3 is 14.6 Å². The number of rotatable bonds is 4. The van der Waals surface area contributed by atoms with Crippen LogP contribution >= 0.6 is 0 Å². The zero-order chi connectivity index (χ0) is 13.8. The first-order valence-electron chi connectivity index (χ1n) is 6.23. The maximum atomic E-state index is 12.1. The molecule has 1 aliphatic heterocycles. The molecule has 0 aliphatic carbocycles. The van der Waals surface area contributed by atoms with Crippen LogP contribution in [0.1, 0.15) is 30.1 Å². The molecule has 1 aromatic carbocycles. The molecule has 1 atom stereocenters. The Hall–Kier alpha value is -2.04. The van der Waals surface area contributed by atoms with Crippen LogP contribution in [0.15, 0.2) is 18.2 Å². The van der Waals surface area contributed by atoms with Crippen molar-refractivity contribution in [1.82, 2.24) is 0 Å². The van der Waals surface area contributed by atoms with E-state index in [4.69, 9.17) is 14.6 Å². The van der Waals surface area contributed by atoms with E-state index in [1.165, 1.54) is 0 Å². The summed E-state index contributed by atoms with van der Waals surface area (Å²) in [5, 5.41) is 8.71. The zero-order valence-electron chi connectivity index (χ0n) is 10.7. The molecule has 0 spiro atoms. The third kappa shape index (κ3) is 3.24. The molecule has 0 amide bonds. The van der Waals surface area contributed by atoms with Crippen molar-refractivity contribution in [2.45, 2.75) is 19.8 Å². The lowest BCUT2D eigenvalue weighted by molar-refractivity contribution is -0.137. The van der Waals surface area contributed by atoms with E-state index in [2.05, 4.69) is 0 Å². The smallest absolute Gasteiger partial charge is 0.304 e. The van der Waals surface area contributed by atoms with Gasteiger partial charge in [-0.1, -0.05) is 6.92 Å². The highest BCUT2D eigenvalue weighted by Gasteiger charge is 2.20. The number of benzene rings is 1. The molecule has 0 fully saturated rings. The number of ketones is 1. The molecule has 1 aliphatic rings. The lowest BCUT2D eigenvalue weighted by atomic mass is 9.96. The molecule has 2 rings (SSSR count).